The minimum atomic E-state index is -0.813. The number of nitrogens with one attached hydrogen (secondary N) is 1. The fraction of sp³-hybridized carbons (Fsp3) is 0.444. The third-order valence-electron chi connectivity index (χ3n) is 1.85. The Balaban J connectivity index is 2.49. The van der Waals surface area contributed by atoms with Crippen LogP contribution >= 0.6 is 11.6 Å². The molecule has 78 valence electrons. The third-order valence-corrected chi connectivity index (χ3v) is 3.36. The van der Waals surface area contributed by atoms with Crippen molar-refractivity contribution in [2.75, 3.05) is 18.1 Å². The molecule has 14 heavy (non-hydrogen) atoms. The Hall–Kier alpha value is -0.610. The summed E-state index contributed by atoms with van der Waals surface area (Å²) in [4.78, 5) is 4.06. The lowest BCUT2D eigenvalue weighted by Gasteiger charge is -2.10. The maximum absolute atomic E-state index is 11.1. The van der Waals surface area contributed by atoms with E-state index in [0.717, 1.165) is 5.82 Å². The van der Waals surface area contributed by atoms with E-state index in [0.29, 0.717) is 11.7 Å². The molecule has 2 unspecified atom stereocenters. The van der Waals surface area contributed by atoms with Crippen LogP contribution in [-0.2, 0) is 10.8 Å². The summed E-state index contributed by atoms with van der Waals surface area (Å²) in [5.74, 6) is 0.717. The standard InChI is InChI=1S/C9H13ClN2OS/c1-7(14(2)13)6-11-9-5-3-4-8(10)12-9/h3-5,7H,6H2,1-2H3,(H,11,12). The van der Waals surface area contributed by atoms with E-state index >= 15 is 0 Å². The van der Waals surface area contributed by atoms with Crippen LogP contribution in [0.5, 0.6) is 0 Å². The summed E-state index contributed by atoms with van der Waals surface area (Å²) in [7, 11) is -0.813. The predicted octanol–water partition coefficient (Wildman–Crippen LogP) is 1.91. The summed E-state index contributed by atoms with van der Waals surface area (Å²) in [6.45, 7) is 2.56. The highest BCUT2D eigenvalue weighted by Gasteiger charge is 2.05. The van der Waals surface area contributed by atoms with Crippen molar-refractivity contribution in [3.63, 3.8) is 0 Å². The Morgan fingerprint density at radius 3 is 2.93 bits per heavy atom. The van der Waals surface area contributed by atoms with Crippen molar-refractivity contribution in [3.8, 4) is 0 Å². The number of halogens is 1. The van der Waals surface area contributed by atoms with Gasteiger partial charge in [0.05, 0.1) is 0 Å². The molecule has 0 bridgehead atoms. The molecule has 5 heteroatoms. The Bertz CT molecular complexity index is 332. The molecule has 0 saturated carbocycles. The second kappa shape index (κ2) is 5.32. The van der Waals surface area contributed by atoms with Crippen LogP contribution in [0.3, 0.4) is 0 Å². The summed E-state index contributed by atoms with van der Waals surface area (Å²) >= 11 is 5.71. The highest BCUT2D eigenvalue weighted by Crippen LogP contribution is 2.09. The molecule has 0 amide bonds. The first-order chi connectivity index (χ1) is 6.59. The molecule has 0 fully saturated rings. The number of hydrogen-bond donors (Lipinski definition) is 1. The molecule has 0 spiro atoms. The van der Waals surface area contributed by atoms with E-state index < -0.39 is 10.8 Å². The minimum Gasteiger partial charge on any atom is -0.369 e. The summed E-state index contributed by atoms with van der Waals surface area (Å²) in [5.41, 5.74) is 0. The molecule has 0 saturated heterocycles. The van der Waals surface area contributed by atoms with Gasteiger partial charge in [0.1, 0.15) is 11.0 Å². The van der Waals surface area contributed by atoms with Gasteiger partial charge in [0.25, 0.3) is 0 Å². The molecule has 0 aliphatic rings. The number of nitrogens with zero attached hydrogens (tertiary/aromatic N) is 1. The lowest BCUT2D eigenvalue weighted by molar-refractivity contribution is 0.679. The van der Waals surface area contributed by atoms with Gasteiger partial charge in [-0.3, -0.25) is 4.21 Å². The first-order valence-electron chi connectivity index (χ1n) is 4.28. The van der Waals surface area contributed by atoms with Crippen LogP contribution in [0.2, 0.25) is 5.15 Å². The molecule has 0 radical (unpaired) electrons. The van der Waals surface area contributed by atoms with Crippen molar-refractivity contribution in [2.45, 2.75) is 12.2 Å². The topological polar surface area (TPSA) is 42.0 Å². The highest BCUT2D eigenvalue weighted by molar-refractivity contribution is 7.84. The van der Waals surface area contributed by atoms with Crippen LogP contribution in [0, 0.1) is 0 Å². The van der Waals surface area contributed by atoms with Crippen LogP contribution in [0.15, 0.2) is 18.2 Å². The van der Waals surface area contributed by atoms with E-state index in [1.165, 1.54) is 0 Å². The first kappa shape index (κ1) is 11.5. The Kier molecular flexibility index (Phi) is 4.35. The number of hydrogen-bond acceptors (Lipinski definition) is 3. The van der Waals surface area contributed by atoms with Gasteiger partial charge in [0.15, 0.2) is 0 Å². The highest BCUT2D eigenvalue weighted by atomic mass is 35.5. The van der Waals surface area contributed by atoms with Crippen molar-refractivity contribution in [1.82, 2.24) is 4.98 Å². The molecular weight excluding hydrogens is 220 g/mol. The van der Waals surface area contributed by atoms with E-state index in [2.05, 4.69) is 10.3 Å². The smallest absolute Gasteiger partial charge is 0.131 e. The van der Waals surface area contributed by atoms with Crippen molar-refractivity contribution in [3.05, 3.63) is 23.4 Å². The van der Waals surface area contributed by atoms with E-state index in [1.807, 2.05) is 19.1 Å². The second-order valence-electron chi connectivity index (χ2n) is 3.04. The minimum absolute atomic E-state index is 0.107. The van der Waals surface area contributed by atoms with Crippen LogP contribution in [0.25, 0.3) is 0 Å². The van der Waals surface area contributed by atoms with E-state index in [-0.39, 0.29) is 5.25 Å². The van der Waals surface area contributed by atoms with Crippen molar-refractivity contribution in [1.29, 1.82) is 0 Å². The zero-order valence-electron chi connectivity index (χ0n) is 8.16. The molecule has 1 heterocycles. The predicted molar refractivity (Wildman–Crippen MR) is 61.3 cm³/mol. The van der Waals surface area contributed by atoms with Crippen LogP contribution in [0.1, 0.15) is 6.92 Å². The SMILES string of the molecule is CC(CNc1cccc(Cl)n1)S(C)=O. The van der Waals surface area contributed by atoms with Gasteiger partial charge in [-0.05, 0) is 19.1 Å². The van der Waals surface area contributed by atoms with Gasteiger partial charge in [-0.15, -0.1) is 0 Å². The molecule has 0 aromatic carbocycles. The summed E-state index contributed by atoms with van der Waals surface area (Å²) in [6, 6.07) is 5.37. The molecule has 1 aromatic rings. The van der Waals surface area contributed by atoms with Gasteiger partial charge >= 0.3 is 0 Å². The van der Waals surface area contributed by atoms with Crippen molar-refractivity contribution in [2.24, 2.45) is 0 Å². The van der Waals surface area contributed by atoms with Crippen LogP contribution in [0.4, 0.5) is 5.82 Å². The maximum atomic E-state index is 11.1. The summed E-state index contributed by atoms with van der Waals surface area (Å²) in [5, 5.41) is 3.64. The van der Waals surface area contributed by atoms with Crippen LogP contribution < -0.4 is 5.32 Å². The number of pyridine rings is 1. The lowest BCUT2D eigenvalue weighted by atomic mass is 10.4. The number of anilines is 1. The zero-order chi connectivity index (χ0) is 10.6. The van der Waals surface area contributed by atoms with Gasteiger partial charge in [0.2, 0.25) is 0 Å². The fourth-order valence-electron chi connectivity index (χ4n) is 0.872. The average Bonchev–Trinajstić information content (AvgIpc) is 2.14. The number of rotatable bonds is 4. The summed E-state index contributed by atoms with van der Waals surface area (Å²) in [6.07, 6.45) is 1.69. The average molecular weight is 233 g/mol. The molecular formula is C9H13ClN2OS. The zero-order valence-corrected chi connectivity index (χ0v) is 9.73. The molecule has 1 aromatic heterocycles. The third kappa shape index (κ3) is 3.64. The van der Waals surface area contributed by atoms with Gasteiger partial charge in [-0.1, -0.05) is 17.7 Å². The molecule has 0 aliphatic heterocycles. The monoisotopic (exact) mass is 232 g/mol. The van der Waals surface area contributed by atoms with E-state index in [1.54, 1.807) is 12.3 Å². The first-order valence-corrected chi connectivity index (χ1v) is 6.28. The molecule has 2 atom stereocenters. The van der Waals surface area contributed by atoms with Gasteiger partial charge in [0, 0.05) is 28.9 Å². The molecule has 3 nitrogen and oxygen atoms in total. The normalized spacial score (nSPS) is 14.8. The Labute approximate surface area is 91.3 Å². The number of aromatic nitrogens is 1. The van der Waals surface area contributed by atoms with Gasteiger partial charge < -0.3 is 5.32 Å². The Morgan fingerprint density at radius 1 is 1.64 bits per heavy atom. The molecule has 0 aliphatic carbocycles. The van der Waals surface area contributed by atoms with Gasteiger partial charge in [-0.2, -0.15) is 0 Å². The van der Waals surface area contributed by atoms with Gasteiger partial charge in [-0.25, -0.2) is 4.98 Å². The van der Waals surface area contributed by atoms with Crippen molar-refractivity contribution < 1.29 is 4.21 Å². The summed E-state index contributed by atoms with van der Waals surface area (Å²) < 4.78 is 11.1. The molecule has 1 N–H and O–H groups in total. The largest absolute Gasteiger partial charge is 0.369 e. The maximum Gasteiger partial charge on any atom is 0.131 e. The lowest BCUT2D eigenvalue weighted by Crippen LogP contribution is -2.21. The fourth-order valence-corrected chi connectivity index (χ4v) is 1.35. The van der Waals surface area contributed by atoms with Crippen LogP contribution in [-0.4, -0.2) is 27.2 Å². The quantitative estimate of drug-likeness (QED) is 0.807. The molecule has 1 rings (SSSR count). The second-order valence-corrected chi connectivity index (χ2v) is 5.22. The van der Waals surface area contributed by atoms with E-state index in [9.17, 15) is 4.21 Å². The van der Waals surface area contributed by atoms with E-state index in [4.69, 9.17) is 11.6 Å². The van der Waals surface area contributed by atoms with Crippen molar-refractivity contribution >= 4 is 28.2 Å². The Morgan fingerprint density at radius 2 is 2.36 bits per heavy atom.